The van der Waals surface area contributed by atoms with Gasteiger partial charge < -0.3 is 15.3 Å². The smallest absolute Gasteiger partial charge is 0.320 e. The van der Waals surface area contributed by atoms with Gasteiger partial charge in [-0.25, -0.2) is 14.8 Å². The highest BCUT2D eigenvalue weighted by Crippen LogP contribution is 2.33. The Hall–Kier alpha value is -2.42. The number of carboxylic acid groups (broad SMARTS) is 1. The molecule has 26 heavy (non-hydrogen) atoms. The summed E-state index contributed by atoms with van der Waals surface area (Å²) >= 11 is 0. The molecular weight excluding hydrogens is 336 g/mol. The van der Waals surface area contributed by atoms with E-state index < -0.39 is 5.97 Å². The van der Waals surface area contributed by atoms with Gasteiger partial charge in [0.2, 0.25) is 0 Å². The van der Waals surface area contributed by atoms with Crippen LogP contribution in [0.4, 0.5) is 16.4 Å². The summed E-state index contributed by atoms with van der Waals surface area (Å²) < 4.78 is 0. The van der Waals surface area contributed by atoms with Crippen LogP contribution in [-0.4, -0.2) is 71.2 Å². The molecule has 0 saturated heterocycles. The molecule has 0 unspecified atom stereocenters. The topological polar surface area (TPSA) is 111 Å². The van der Waals surface area contributed by atoms with Crippen molar-refractivity contribution < 1.29 is 14.7 Å². The van der Waals surface area contributed by atoms with Gasteiger partial charge in [0.25, 0.3) is 0 Å². The normalized spacial score (nSPS) is 21.8. The molecule has 0 aromatic carbocycles. The van der Waals surface area contributed by atoms with E-state index in [0.717, 1.165) is 19.4 Å². The molecule has 2 saturated carbocycles. The van der Waals surface area contributed by atoms with Crippen molar-refractivity contribution in [1.29, 1.82) is 0 Å². The van der Waals surface area contributed by atoms with E-state index >= 15 is 0 Å². The lowest BCUT2D eigenvalue weighted by Gasteiger charge is -2.42. The van der Waals surface area contributed by atoms with Crippen molar-refractivity contribution in [3.63, 3.8) is 0 Å². The Labute approximate surface area is 152 Å². The van der Waals surface area contributed by atoms with Gasteiger partial charge in [-0.3, -0.25) is 15.0 Å². The average molecular weight is 362 g/mol. The summed E-state index contributed by atoms with van der Waals surface area (Å²) in [5, 5.41) is 14.7. The number of carboxylic acids is 1. The zero-order valence-corrected chi connectivity index (χ0v) is 15.2. The van der Waals surface area contributed by atoms with Crippen LogP contribution in [0.15, 0.2) is 12.4 Å². The molecule has 2 aliphatic carbocycles. The minimum atomic E-state index is -0.791. The van der Waals surface area contributed by atoms with Gasteiger partial charge in [-0.05, 0) is 31.6 Å². The molecule has 0 spiro atoms. The van der Waals surface area contributed by atoms with E-state index in [-0.39, 0.29) is 24.7 Å². The van der Waals surface area contributed by atoms with Crippen LogP contribution in [0.1, 0.15) is 25.7 Å². The highest BCUT2D eigenvalue weighted by atomic mass is 16.4. The number of urea groups is 1. The number of anilines is 2. The molecule has 0 atom stereocenters. The van der Waals surface area contributed by atoms with Gasteiger partial charge in [-0.2, -0.15) is 0 Å². The zero-order valence-electron chi connectivity index (χ0n) is 15.2. The van der Waals surface area contributed by atoms with Gasteiger partial charge in [-0.1, -0.05) is 0 Å². The van der Waals surface area contributed by atoms with E-state index in [0.29, 0.717) is 17.6 Å². The van der Waals surface area contributed by atoms with Crippen molar-refractivity contribution in [3.8, 4) is 0 Å². The van der Waals surface area contributed by atoms with E-state index in [1.807, 2.05) is 23.9 Å². The lowest BCUT2D eigenvalue weighted by molar-refractivity contribution is -0.139. The predicted molar refractivity (Wildman–Crippen MR) is 97.3 cm³/mol. The van der Waals surface area contributed by atoms with Crippen LogP contribution >= 0.6 is 0 Å². The van der Waals surface area contributed by atoms with Gasteiger partial charge >= 0.3 is 12.0 Å². The highest BCUT2D eigenvalue weighted by Gasteiger charge is 2.37. The van der Waals surface area contributed by atoms with Crippen molar-refractivity contribution in [2.45, 2.75) is 37.8 Å². The summed E-state index contributed by atoms with van der Waals surface area (Å²) in [6.45, 7) is 0.929. The Morgan fingerprint density at radius 1 is 1.27 bits per heavy atom. The fraction of sp³-hybridized carbons (Fsp3) is 0.647. The number of carbonyl (C=O) groups is 2. The minimum absolute atomic E-state index is 0.0608. The summed E-state index contributed by atoms with van der Waals surface area (Å²) in [7, 11) is 3.73. The number of aromatic nitrogens is 2. The van der Waals surface area contributed by atoms with Gasteiger partial charge in [-0.15, -0.1) is 0 Å². The van der Waals surface area contributed by atoms with E-state index in [2.05, 4.69) is 20.6 Å². The van der Waals surface area contributed by atoms with Crippen molar-refractivity contribution >= 4 is 23.6 Å². The fourth-order valence-electron chi connectivity index (χ4n) is 3.15. The molecule has 9 heteroatoms. The second-order valence-corrected chi connectivity index (χ2v) is 7.34. The third kappa shape index (κ3) is 5.04. The number of rotatable bonds is 8. The second kappa shape index (κ2) is 7.86. The molecule has 9 nitrogen and oxygen atoms in total. The van der Waals surface area contributed by atoms with Crippen LogP contribution in [0.3, 0.4) is 0 Å². The maximum absolute atomic E-state index is 12.1. The summed E-state index contributed by atoms with van der Waals surface area (Å²) in [6, 6.07) is 1.69. The summed E-state index contributed by atoms with van der Waals surface area (Å²) in [6.07, 6.45) is 5.36. The van der Waals surface area contributed by atoms with Crippen LogP contribution < -0.4 is 15.5 Å². The van der Waals surface area contributed by atoms with Gasteiger partial charge in [0, 0.05) is 38.8 Å². The molecule has 1 heterocycles. The number of amides is 2. The first-order chi connectivity index (χ1) is 12.4. The van der Waals surface area contributed by atoms with Crippen molar-refractivity contribution in [3.05, 3.63) is 12.4 Å². The molecule has 0 radical (unpaired) electrons. The van der Waals surface area contributed by atoms with E-state index in [4.69, 9.17) is 5.11 Å². The van der Waals surface area contributed by atoms with E-state index in [1.165, 1.54) is 19.2 Å². The first kappa shape index (κ1) is 18.4. The molecule has 0 aliphatic heterocycles. The number of hydrogen-bond donors (Lipinski definition) is 3. The molecule has 2 aliphatic rings. The number of carbonyl (C=O) groups excluding carboxylic acids is 1. The number of hydrogen-bond acceptors (Lipinski definition) is 6. The maximum atomic E-state index is 12.1. The lowest BCUT2D eigenvalue weighted by atomic mass is 9.85. The second-order valence-electron chi connectivity index (χ2n) is 7.34. The van der Waals surface area contributed by atoms with Gasteiger partial charge in [0.15, 0.2) is 0 Å². The van der Waals surface area contributed by atoms with Crippen LogP contribution in [0, 0.1) is 5.92 Å². The van der Waals surface area contributed by atoms with Crippen LogP contribution in [0.5, 0.6) is 0 Å². The minimum Gasteiger partial charge on any atom is -0.480 e. The fourth-order valence-corrected chi connectivity index (χ4v) is 3.15. The largest absolute Gasteiger partial charge is 0.480 e. The Balaban J connectivity index is 1.44. The molecule has 3 N–H and O–H groups in total. The van der Waals surface area contributed by atoms with Gasteiger partial charge in [0.1, 0.15) is 18.0 Å². The molecule has 3 rings (SSSR count). The SMILES string of the molecule is CN(C)c1cc(NC(=O)NC2CC(N(CC(=O)O)CC3CC3)C2)ncn1. The van der Waals surface area contributed by atoms with Crippen molar-refractivity contribution in [1.82, 2.24) is 20.2 Å². The molecule has 1 aromatic rings. The number of aliphatic carboxylic acids is 1. The molecular formula is C17H26N6O3. The molecule has 0 bridgehead atoms. The van der Waals surface area contributed by atoms with Gasteiger partial charge in [0.05, 0.1) is 6.54 Å². The molecule has 2 fully saturated rings. The summed E-state index contributed by atoms with van der Waals surface area (Å²) in [5.41, 5.74) is 0. The van der Waals surface area contributed by atoms with Crippen molar-refractivity contribution in [2.24, 2.45) is 5.92 Å². The molecule has 2 amide bonds. The Bertz CT molecular complexity index is 658. The lowest BCUT2D eigenvalue weighted by Crippen LogP contribution is -2.55. The predicted octanol–water partition coefficient (Wildman–Crippen LogP) is 0.992. The first-order valence-corrected chi connectivity index (χ1v) is 8.93. The van der Waals surface area contributed by atoms with E-state index in [9.17, 15) is 9.59 Å². The standard InChI is InChI=1S/C17H26N6O3/c1-22(2)15-7-14(18-10-19-15)21-17(26)20-12-5-13(6-12)23(9-16(24)25)8-11-3-4-11/h7,10-13H,3-6,8-9H2,1-2H3,(H,24,25)(H2,18,19,20,21,26). The van der Waals surface area contributed by atoms with Crippen molar-refractivity contribution in [2.75, 3.05) is 37.4 Å². The third-order valence-corrected chi connectivity index (χ3v) is 4.85. The Morgan fingerprint density at radius 3 is 2.62 bits per heavy atom. The summed E-state index contributed by atoms with van der Waals surface area (Å²) in [4.78, 5) is 35.2. The number of nitrogens with one attached hydrogen (secondary N) is 2. The molecule has 142 valence electrons. The molecule has 1 aromatic heterocycles. The number of nitrogens with zero attached hydrogens (tertiary/aromatic N) is 4. The monoisotopic (exact) mass is 362 g/mol. The third-order valence-electron chi connectivity index (χ3n) is 4.85. The Morgan fingerprint density at radius 2 is 2.00 bits per heavy atom. The van der Waals surface area contributed by atoms with Crippen LogP contribution in [0.2, 0.25) is 0 Å². The average Bonchev–Trinajstić information content (AvgIpc) is 3.33. The first-order valence-electron chi connectivity index (χ1n) is 8.93. The van der Waals surface area contributed by atoms with E-state index in [1.54, 1.807) is 6.07 Å². The highest BCUT2D eigenvalue weighted by molar-refractivity contribution is 5.88. The maximum Gasteiger partial charge on any atom is 0.320 e. The van der Waals surface area contributed by atoms with Crippen LogP contribution in [-0.2, 0) is 4.79 Å². The Kier molecular flexibility index (Phi) is 5.55. The summed E-state index contributed by atoms with van der Waals surface area (Å²) in [5.74, 6) is 1.01. The van der Waals surface area contributed by atoms with Crippen LogP contribution in [0.25, 0.3) is 0 Å². The quantitative estimate of drug-likeness (QED) is 0.632. The zero-order chi connectivity index (χ0) is 18.7.